The van der Waals surface area contributed by atoms with Crippen LogP contribution in [0.5, 0.6) is 0 Å². The summed E-state index contributed by atoms with van der Waals surface area (Å²) in [5, 5.41) is 10.3. The summed E-state index contributed by atoms with van der Waals surface area (Å²) < 4.78 is 30.6. The highest BCUT2D eigenvalue weighted by Gasteiger charge is 2.54. The van der Waals surface area contributed by atoms with Crippen molar-refractivity contribution in [3.8, 4) is 0 Å². The molecule has 0 bridgehead atoms. The van der Waals surface area contributed by atoms with Crippen molar-refractivity contribution in [3.63, 3.8) is 0 Å². The lowest BCUT2D eigenvalue weighted by molar-refractivity contribution is -0.174. The number of imide groups is 1. The summed E-state index contributed by atoms with van der Waals surface area (Å²) in [5.41, 5.74) is -2.70. The van der Waals surface area contributed by atoms with Crippen LogP contribution < -0.4 is 0 Å². The molecule has 2 fully saturated rings. The van der Waals surface area contributed by atoms with Gasteiger partial charge in [0.05, 0.1) is 12.6 Å². The molecule has 2 saturated heterocycles. The minimum absolute atomic E-state index is 0.0183. The van der Waals surface area contributed by atoms with E-state index in [1.165, 1.54) is 0 Å². The minimum atomic E-state index is -2.70. The van der Waals surface area contributed by atoms with Gasteiger partial charge in [-0.2, -0.15) is 0 Å². The van der Waals surface area contributed by atoms with Gasteiger partial charge in [-0.15, -0.1) is 0 Å². The molecule has 23 heavy (non-hydrogen) atoms. The van der Waals surface area contributed by atoms with Crippen LogP contribution in [0, 0.1) is 5.92 Å². The Morgan fingerprint density at radius 3 is 2.52 bits per heavy atom. The second-order valence-corrected chi connectivity index (χ2v) is 6.95. The maximum atomic E-state index is 15.1. The summed E-state index contributed by atoms with van der Waals surface area (Å²) in [7, 11) is 0. The Labute approximate surface area is 134 Å². The molecule has 0 aliphatic carbocycles. The van der Waals surface area contributed by atoms with Crippen molar-refractivity contribution < 1.29 is 33.3 Å². The minimum Gasteiger partial charge on any atom is -0.447 e. The third kappa shape index (κ3) is 3.34. The van der Waals surface area contributed by atoms with Crippen LogP contribution in [-0.4, -0.2) is 64.9 Å². The fourth-order valence-electron chi connectivity index (χ4n) is 2.74. The molecule has 0 aromatic carbocycles. The molecule has 132 valence electrons. The summed E-state index contributed by atoms with van der Waals surface area (Å²) in [6.45, 7) is 7.78. The maximum Gasteiger partial charge on any atom is 0.417 e. The number of carbonyl (C=O) groups is 2. The number of hydrogen-bond acceptors (Lipinski definition) is 6. The monoisotopic (exact) mass is 333 g/mol. The fourth-order valence-corrected chi connectivity index (χ4v) is 2.74. The zero-order valence-electron chi connectivity index (χ0n) is 14.0. The van der Waals surface area contributed by atoms with Gasteiger partial charge >= 0.3 is 6.09 Å². The molecule has 2 amide bonds. The third-order valence-corrected chi connectivity index (χ3v) is 4.25. The van der Waals surface area contributed by atoms with Crippen molar-refractivity contribution in [3.05, 3.63) is 0 Å². The number of alkyl halides is 1. The molecule has 0 radical (unpaired) electrons. The Bertz CT molecular complexity index is 492. The van der Waals surface area contributed by atoms with E-state index < -0.39 is 41.7 Å². The first-order valence-electron chi connectivity index (χ1n) is 7.66. The first-order valence-corrected chi connectivity index (χ1v) is 7.66. The van der Waals surface area contributed by atoms with Crippen LogP contribution in [0.3, 0.4) is 0 Å². The standard InChI is InChI=1S/C15H24FNO6/c1-8(2)9-6-21-13(20)17(9)12(19)15(5,16)11(18)10-7-22-14(3,4)23-10/h8-11,18H,6-7H2,1-5H3/t9-,10-,11-,15-/m1/s1. The molecule has 2 rings (SSSR count). The lowest BCUT2D eigenvalue weighted by atomic mass is 9.93. The van der Waals surface area contributed by atoms with E-state index in [4.69, 9.17) is 14.2 Å². The van der Waals surface area contributed by atoms with Crippen molar-refractivity contribution in [1.29, 1.82) is 0 Å². The van der Waals surface area contributed by atoms with Gasteiger partial charge in [-0.3, -0.25) is 4.79 Å². The van der Waals surface area contributed by atoms with Crippen LogP contribution in [-0.2, 0) is 19.0 Å². The normalized spacial score (nSPS) is 31.1. The number of nitrogens with zero attached hydrogens (tertiary/aromatic N) is 1. The maximum absolute atomic E-state index is 15.1. The van der Waals surface area contributed by atoms with Gasteiger partial charge in [0.25, 0.3) is 5.91 Å². The third-order valence-electron chi connectivity index (χ3n) is 4.25. The van der Waals surface area contributed by atoms with Gasteiger partial charge in [0.1, 0.15) is 18.8 Å². The molecule has 0 unspecified atom stereocenters. The predicted molar refractivity (Wildman–Crippen MR) is 77.2 cm³/mol. The molecule has 0 spiro atoms. The van der Waals surface area contributed by atoms with Gasteiger partial charge in [0, 0.05) is 0 Å². The van der Waals surface area contributed by atoms with Crippen molar-refractivity contribution in [2.45, 2.75) is 64.3 Å². The highest BCUT2D eigenvalue weighted by atomic mass is 19.1. The van der Waals surface area contributed by atoms with Crippen LogP contribution in [0.25, 0.3) is 0 Å². The van der Waals surface area contributed by atoms with Crippen LogP contribution in [0.1, 0.15) is 34.6 Å². The number of aliphatic hydroxyl groups is 1. The predicted octanol–water partition coefficient (Wildman–Crippen LogP) is 1.23. The second kappa shape index (κ2) is 5.99. The smallest absolute Gasteiger partial charge is 0.417 e. The van der Waals surface area contributed by atoms with E-state index in [1.54, 1.807) is 27.7 Å². The fraction of sp³-hybridized carbons (Fsp3) is 0.867. The van der Waals surface area contributed by atoms with E-state index in [0.717, 1.165) is 11.8 Å². The van der Waals surface area contributed by atoms with E-state index in [1.807, 2.05) is 0 Å². The van der Waals surface area contributed by atoms with Crippen LogP contribution in [0.15, 0.2) is 0 Å². The molecule has 1 N–H and O–H groups in total. The number of cyclic esters (lactones) is 1. The van der Waals surface area contributed by atoms with Gasteiger partial charge in [0.15, 0.2) is 5.79 Å². The van der Waals surface area contributed by atoms with E-state index >= 15 is 4.39 Å². The Morgan fingerprint density at radius 1 is 1.43 bits per heavy atom. The number of rotatable bonds is 4. The molecule has 8 heteroatoms. The van der Waals surface area contributed by atoms with Crippen molar-refractivity contribution in [2.24, 2.45) is 5.92 Å². The molecule has 2 aliphatic rings. The van der Waals surface area contributed by atoms with E-state index in [9.17, 15) is 14.7 Å². The molecule has 0 aromatic rings. The molecule has 0 aromatic heterocycles. The summed E-state index contributed by atoms with van der Waals surface area (Å²) in [4.78, 5) is 25.1. The van der Waals surface area contributed by atoms with Crippen molar-refractivity contribution in [2.75, 3.05) is 13.2 Å². The number of halogens is 1. The summed E-state index contributed by atoms with van der Waals surface area (Å²) in [6, 6.07) is -0.561. The number of ether oxygens (including phenoxy) is 3. The average Bonchev–Trinajstić information content (AvgIpc) is 2.99. The highest BCUT2D eigenvalue weighted by Crippen LogP contribution is 2.33. The first-order chi connectivity index (χ1) is 10.5. The molecule has 0 saturated carbocycles. The molecular weight excluding hydrogens is 309 g/mol. The molecule has 2 heterocycles. The van der Waals surface area contributed by atoms with Crippen LogP contribution in [0.4, 0.5) is 9.18 Å². The lowest BCUT2D eigenvalue weighted by Gasteiger charge is -2.33. The Kier molecular flexibility index (Phi) is 4.71. The largest absolute Gasteiger partial charge is 0.447 e. The number of carbonyl (C=O) groups excluding carboxylic acids is 2. The Balaban J connectivity index is 2.17. The molecule has 7 nitrogen and oxygen atoms in total. The van der Waals surface area contributed by atoms with Crippen molar-refractivity contribution >= 4 is 12.0 Å². The zero-order chi connectivity index (χ0) is 17.6. The van der Waals surface area contributed by atoms with Gasteiger partial charge < -0.3 is 19.3 Å². The average molecular weight is 333 g/mol. The van der Waals surface area contributed by atoms with Crippen LogP contribution >= 0.6 is 0 Å². The molecular formula is C15H24FNO6. The van der Waals surface area contributed by atoms with Gasteiger partial charge in [-0.25, -0.2) is 14.1 Å². The second-order valence-electron chi connectivity index (χ2n) is 6.95. The Hall–Kier alpha value is -1.25. The van der Waals surface area contributed by atoms with Gasteiger partial charge in [-0.05, 0) is 26.7 Å². The molecule has 4 atom stereocenters. The Morgan fingerprint density at radius 2 is 2.04 bits per heavy atom. The highest BCUT2D eigenvalue weighted by molar-refractivity contribution is 5.98. The summed E-state index contributed by atoms with van der Waals surface area (Å²) in [6.07, 6.45) is -3.66. The number of hydrogen-bond donors (Lipinski definition) is 1. The van der Waals surface area contributed by atoms with E-state index in [-0.39, 0.29) is 19.1 Å². The summed E-state index contributed by atoms with van der Waals surface area (Å²) in [5.74, 6) is -2.18. The van der Waals surface area contributed by atoms with Gasteiger partial charge in [0.2, 0.25) is 5.67 Å². The lowest BCUT2D eigenvalue weighted by Crippen LogP contribution is -2.58. The van der Waals surface area contributed by atoms with E-state index in [2.05, 4.69) is 0 Å². The summed E-state index contributed by atoms with van der Waals surface area (Å²) >= 11 is 0. The topological polar surface area (TPSA) is 85.3 Å². The number of aliphatic hydroxyl groups excluding tert-OH is 1. The number of amides is 2. The van der Waals surface area contributed by atoms with Crippen molar-refractivity contribution in [1.82, 2.24) is 4.90 Å². The first kappa shape index (κ1) is 18.1. The zero-order valence-corrected chi connectivity index (χ0v) is 14.0. The molecule has 2 aliphatic heterocycles. The van der Waals surface area contributed by atoms with Crippen LogP contribution in [0.2, 0.25) is 0 Å². The quantitative estimate of drug-likeness (QED) is 0.833. The van der Waals surface area contributed by atoms with E-state index in [0.29, 0.717) is 0 Å². The van der Waals surface area contributed by atoms with Gasteiger partial charge in [-0.1, -0.05) is 13.8 Å². The SMILES string of the molecule is CC(C)[C@H]1COC(=O)N1C(=O)[C@](C)(F)[C@H](O)[C@H]1COC(C)(C)O1.